The Morgan fingerprint density at radius 1 is 0.392 bits per heavy atom. The van der Waals surface area contributed by atoms with Crippen LogP contribution in [0.2, 0.25) is 0 Å². The maximum absolute atomic E-state index is 14.4. The van der Waals surface area contributed by atoms with Crippen molar-refractivity contribution < 1.29 is 79.9 Å². The van der Waals surface area contributed by atoms with Crippen molar-refractivity contribution in [1.82, 2.24) is 70.3 Å². The lowest BCUT2D eigenvalue weighted by molar-refractivity contribution is -0.172. The number of hydrogen-bond donors (Lipinski definition) is 1. The lowest BCUT2D eigenvalue weighted by Gasteiger charge is -2.28. The first-order chi connectivity index (χ1) is 69.7. The van der Waals surface area contributed by atoms with Gasteiger partial charge >= 0.3 is 22.8 Å². The van der Waals surface area contributed by atoms with Crippen molar-refractivity contribution in [2.45, 2.75) is 118 Å². The highest BCUT2D eigenvalue weighted by Crippen LogP contribution is 2.41. The summed E-state index contributed by atoms with van der Waals surface area (Å²) in [6.07, 6.45) is 5.51. The summed E-state index contributed by atoms with van der Waals surface area (Å²) in [5.41, 5.74) is 9.25. The number of nitrogens with one attached hydrogen (secondary N) is 1. The van der Waals surface area contributed by atoms with E-state index < -0.39 is 40.6 Å². The van der Waals surface area contributed by atoms with Crippen molar-refractivity contribution in [3.63, 3.8) is 0 Å². The predicted octanol–water partition coefficient (Wildman–Crippen LogP) is 15.3. The van der Waals surface area contributed by atoms with Gasteiger partial charge in [-0.25, -0.2) is 48.2 Å². The van der Waals surface area contributed by atoms with Gasteiger partial charge in [0.1, 0.15) is 68.7 Å². The standard InChI is InChI=1S/C103H103N17O20S3/c1-64(2)117(76-26-23-69-49-79(101(125)137-85(69)54-76)97-105-82-13-7-10-16-90(82)141-97)61-73-58-114(111-108-73)31-34-128-37-40-131-43-46-134-88-52-72(96(123)104-57-67-19-21-68(22-20-67)100(124)140-120-93(121)29-30-94(120)122)53-89(135-47-44-132-41-38-129-35-32-115-59-74(109-112-115)62-118(65(3)4)77-27-24-70-50-80(102(126)138-86(70)55-77)98-106-83-14-8-11-17-91(83)142-98)95(88)136-48-45-133-42-39-130-36-33-116-60-75(110-113-116)63-119(66(5)6)78-28-25-71-51-81(103(127)139-87(71)56-78)99-107-84-15-9-12-18-92(84)143-99/h7-28,49-56,58-60,64-66H,29-48,57,61-63H2,1-6H3,(H,104,123). The number of hydrogen-bond acceptors (Lipinski definition) is 35. The molecule has 8 aromatic carbocycles. The number of ether oxygens (including phenoxy) is 9. The molecule has 1 aliphatic heterocycles. The zero-order valence-corrected chi connectivity index (χ0v) is 81.7. The van der Waals surface area contributed by atoms with Crippen LogP contribution in [0.5, 0.6) is 17.2 Å². The van der Waals surface area contributed by atoms with E-state index in [1.807, 2.05) is 164 Å². The lowest BCUT2D eigenvalue weighted by atomic mass is 10.1. The van der Waals surface area contributed by atoms with Crippen LogP contribution in [0.1, 0.15) is 97.7 Å². The molecule has 3 amide bonds. The molecule has 1 N–H and O–H groups in total. The highest BCUT2D eigenvalue weighted by molar-refractivity contribution is 7.22. The van der Waals surface area contributed by atoms with E-state index in [4.69, 9.17) is 60.7 Å². The van der Waals surface area contributed by atoms with E-state index in [1.165, 1.54) is 58.3 Å². The Kier molecular flexibility index (Phi) is 31.8. The monoisotopic (exact) mass is 1990 g/mol. The first-order valence-electron chi connectivity index (χ1n) is 46.9. The molecule has 0 aliphatic carbocycles. The minimum Gasteiger partial charge on any atom is -0.487 e. The largest absolute Gasteiger partial charge is 0.487 e. The van der Waals surface area contributed by atoms with Gasteiger partial charge in [-0.3, -0.25) is 14.4 Å². The third-order valence-corrected chi connectivity index (χ3v) is 26.6. The van der Waals surface area contributed by atoms with Gasteiger partial charge in [-0.05, 0) is 162 Å². The number of thiazole rings is 3. The number of hydroxylamine groups is 2. The number of carbonyl (C=O) groups is 4. The summed E-state index contributed by atoms with van der Waals surface area (Å²) >= 11 is 4.34. The first kappa shape index (κ1) is 98.3. The molecule has 17 aromatic rings. The third kappa shape index (κ3) is 24.7. The molecule has 143 heavy (non-hydrogen) atoms. The molecule has 0 radical (unpaired) electrons. The van der Waals surface area contributed by atoms with Crippen LogP contribution in [0.4, 0.5) is 17.1 Å². The molecule has 0 unspecified atom stereocenters. The molecule has 40 heteroatoms. The van der Waals surface area contributed by atoms with Crippen LogP contribution in [0.15, 0.2) is 228 Å². The maximum Gasteiger partial charge on any atom is 0.363 e. The second-order valence-electron chi connectivity index (χ2n) is 34.4. The van der Waals surface area contributed by atoms with Crippen LogP contribution < -0.4 is 51.1 Å². The summed E-state index contributed by atoms with van der Waals surface area (Å²) in [5, 5.41) is 34.1. The van der Waals surface area contributed by atoms with Crippen molar-refractivity contribution >= 4 is 138 Å². The first-order valence-corrected chi connectivity index (χ1v) is 49.4. The summed E-state index contributed by atoms with van der Waals surface area (Å²) in [4.78, 5) is 118. The van der Waals surface area contributed by atoms with Gasteiger partial charge in [-0.1, -0.05) is 64.2 Å². The number of benzene rings is 8. The van der Waals surface area contributed by atoms with Crippen LogP contribution in [-0.2, 0) is 88.7 Å². The molecule has 0 saturated carbocycles. The Labute approximate surface area is 830 Å². The minimum absolute atomic E-state index is 0.00512. The van der Waals surface area contributed by atoms with Crippen molar-refractivity contribution in [2.75, 3.05) is 114 Å². The minimum atomic E-state index is -0.897. The summed E-state index contributed by atoms with van der Waals surface area (Å²) in [6.45, 7) is 17.6. The highest BCUT2D eigenvalue weighted by Gasteiger charge is 2.34. The molecule has 1 aliphatic rings. The second kappa shape index (κ2) is 46.2. The van der Waals surface area contributed by atoms with Crippen LogP contribution in [0.3, 0.4) is 0 Å². The molecule has 1 saturated heterocycles. The molecule has 0 spiro atoms. The summed E-state index contributed by atoms with van der Waals surface area (Å²) < 4.78 is 81.3. The van der Waals surface area contributed by atoms with Crippen molar-refractivity contribution in [1.29, 1.82) is 0 Å². The third-order valence-electron chi connectivity index (χ3n) is 23.4. The summed E-state index contributed by atoms with van der Waals surface area (Å²) in [5.74, 6) is -2.18. The van der Waals surface area contributed by atoms with E-state index in [1.54, 1.807) is 26.2 Å². The van der Waals surface area contributed by atoms with Crippen molar-refractivity contribution in [2.24, 2.45) is 0 Å². The highest BCUT2D eigenvalue weighted by atomic mass is 32.1. The fourth-order valence-electron chi connectivity index (χ4n) is 16.0. The number of carbonyl (C=O) groups excluding carboxylic acids is 4. The van der Waals surface area contributed by atoms with Gasteiger partial charge < -0.3 is 80.7 Å². The summed E-state index contributed by atoms with van der Waals surface area (Å²) in [7, 11) is 0. The molecular formula is C103H103N17O20S3. The van der Waals surface area contributed by atoms with Crippen molar-refractivity contribution in [3.8, 4) is 49.0 Å². The molecular weight excluding hydrogens is 1890 g/mol. The van der Waals surface area contributed by atoms with E-state index in [0.29, 0.717) is 118 Å². The normalized spacial score (nSPS) is 12.4. The molecule has 10 heterocycles. The maximum atomic E-state index is 14.4. The Hall–Kier alpha value is -14.9. The molecule has 37 nitrogen and oxygen atoms in total. The zero-order chi connectivity index (χ0) is 98.8. The van der Waals surface area contributed by atoms with Gasteiger partial charge in [0.2, 0.25) is 5.75 Å². The Balaban J connectivity index is 0.488. The topological polar surface area (TPSA) is 407 Å². The van der Waals surface area contributed by atoms with Crippen LogP contribution in [0, 0.1) is 0 Å². The van der Waals surface area contributed by atoms with Crippen LogP contribution in [0.25, 0.3) is 95.3 Å². The van der Waals surface area contributed by atoms with Gasteiger partial charge in [-0.15, -0.1) is 54.4 Å². The molecule has 738 valence electrons. The Morgan fingerprint density at radius 2 is 0.734 bits per heavy atom. The number of imide groups is 1. The molecule has 9 aromatic heterocycles. The zero-order valence-electron chi connectivity index (χ0n) is 79.3. The summed E-state index contributed by atoms with van der Waals surface area (Å²) in [6, 6.07) is 55.6. The fraction of sp³-hybridized carbons (Fsp3) is 0.320. The average Bonchev–Trinajstić information content (AvgIpc) is 1.69. The van der Waals surface area contributed by atoms with Gasteiger partial charge in [0, 0.05) is 94.5 Å². The van der Waals surface area contributed by atoms with Crippen molar-refractivity contribution in [3.05, 3.63) is 266 Å². The number of fused-ring (bicyclic) bond motifs is 6. The molecule has 0 atom stereocenters. The quantitative estimate of drug-likeness (QED) is 0.0210. The Bertz CT molecular complexity index is 7200. The smallest absolute Gasteiger partial charge is 0.363 e. The van der Waals surface area contributed by atoms with Crippen LogP contribution in [-0.4, -0.2) is 206 Å². The Morgan fingerprint density at radius 3 is 1.09 bits per heavy atom. The van der Waals surface area contributed by atoms with E-state index in [9.17, 15) is 33.6 Å². The van der Waals surface area contributed by atoms with Gasteiger partial charge in [0.25, 0.3) is 17.7 Å². The van der Waals surface area contributed by atoms with E-state index in [-0.39, 0.29) is 145 Å². The number of amides is 3. The second-order valence-corrected chi connectivity index (χ2v) is 37.5. The lowest BCUT2D eigenvalue weighted by Crippen LogP contribution is -2.32. The number of aromatic nitrogens is 12. The molecule has 1 fully saturated rings. The number of rotatable bonds is 50. The average molecular weight is 2000 g/mol. The van der Waals surface area contributed by atoms with Gasteiger partial charge in [-0.2, -0.15) is 0 Å². The van der Waals surface area contributed by atoms with E-state index in [2.05, 4.69) is 107 Å². The molecule has 18 rings (SSSR count). The predicted molar refractivity (Wildman–Crippen MR) is 539 cm³/mol. The fourth-order valence-corrected chi connectivity index (χ4v) is 18.9. The van der Waals surface area contributed by atoms with E-state index in [0.717, 1.165) is 81.0 Å². The van der Waals surface area contributed by atoms with Gasteiger partial charge in [0.15, 0.2) is 11.5 Å². The van der Waals surface area contributed by atoms with Gasteiger partial charge in [0.05, 0.1) is 190 Å². The number of para-hydroxylation sites is 3. The van der Waals surface area contributed by atoms with E-state index >= 15 is 0 Å². The van der Waals surface area contributed by atoms with Crippen LogP contribution >= 0.6 is 34.0 Å². The SMILES string of the molecule is CC(C)N(Cc1cn(CCOCCOCCOc2cc(C(=O)NCc3ccc(C(=O)ON4C(=O)CCC4=O)cc3)cc(OCCOCCOCCn3cc(CN(c4ccc5cc(-c6nc7ccccc7s6)c(=O)oc5c4)C(C)C)nn3)c2OCCOCCOCCn2cc(CN(c3ccc4cc(-c5nc6ccccc6s5)c(=O)oc4c3)C(C)C)nn2)nn1)c1ccc2cc(-c3nc4ccccc4s3)c(=O)oc2c1. The number of nitrogens with zero attached hydrogens (tertiary/aromatic N) is 16. The molecule has 0 bridgehead atoms. The number of anilines is 3.